The molecule has 0 spiro atoms. The van der Waals surface area contributed by atoms with Crippen LogP contribution in [0.3, 0.4) is 0 Å². The Morgan fingerprint density at radius 1 is 1.19 bits per heavy atom. The highest BCUT2D eigenvalue weighted by atomic mass is 16.5. The van der Waals surface area contributed by atoms with Crippen molar-refractivity contribution in [3.63, 3.8) is 0 Å². The Kier molecular flexibility index (Phi) is 4.94. The van der Waals surface area contributed by atoms with Gasteiger partial charge in [0, 0.05) is 18.2 Å². The summed E-state index contributed by atoms with van der Waals surface area (Å²) in [6, 6.07) is 5.80. The number of nitrogens with one attached hydrogen (secondary N) is 1. The largest absolute Gasteiger partial charge is 0.497 e. The van der Waals surface area contributed by atoms with Crippen molar-refractivity contribution in [2.75, 3.05) is 19.5 Å². The number of carbonyl (C=O) groups is 1. The number of hydrogen-bond acceptors (Lipinski definition) is 3. The second-order valence-corrected chi connectivity index (χ2v) is 5.53. The number of nitrogens with zero attached hydrogens (tertiary/aromatic N) is 1. The van der Waals surface area contributed by atoms with Crippen LogP contribution in [0.2, 0.25) is 0 Å². The summed E-state index contributed by atoms with van der Waals surface area (Å²) in [6.07, 6.45) is 3.27. The van der Waals surface area contributed by atoms with E-state index in [4.69, 9.17) is 9.47 Å². The summed E-state index contributed by atoms with van der Waals surface area (Å²) < 4.78 is 10.5. The van der Waals surface area contributed by atoms with Gasteiger partial charge in [-0.2, -0.15) is 0 Å². The first kappa shape index (κ1) is 15.5. The molecule has 0 bridgehead atoms. The first-order valence-corrected chi connectivity index (χ1v) is 7.38. The number of rotatable bonds is 3. The van der Waals surface area contributed by atoms with Crippen molar-refractivity contribution < 1.29 is 14.3 Å². The third-order valence-corrected chi connectivity index (χ3v) is 4.08. The Morgan fingerprint density at radius 2 is 1.86 bits per heavy atom. The van der Waals surface area contributed by atoms with Gasteiger partial charge in [0.05, 0.1) is 19.9 Å². The zero-order valence-electron chi connectivity index (χ0n) is 13.2. The highest BCUT2D eigenvalue weighted by molar-refractivity contribution is 5.91. The highest BCUT2D eigenvalue weighted by Gasteiger charge is 2.29. The quantitative estimate of drug-likeness (QED) is 0.927. The van der Waals surface area contributed by atoms with Crippen molar-refractivity contribution >= 4 is 11.7 Å². The van der Waals surface area contributed by atoms with Crippen molar-refractivity contribution in [2.45, 2.75) is 45.2 Å². The molecular weight excluding hydrogens is 268 g/mol. The van der Waals surface area contributed by atoms with Gasteiger partial charge in [0.1, 0.15) is 11.5 Å². The molecule has 1 aliphatic heterocycles. The molecule has 1 heterocycles. The summed E-state index contributed by atoms with van der Waals surface area (Å²) in [5.41, 5.74) is 0.631. The maximum atomic E-state index is 12.6. The van der Waals surface area contributed by atoms with Gasteiger partial charge in [0.25, 0.3) is 0 Å². The number of benzene rings is 1. The van der Waals surface area contributed by atoms with Gasteiger partial charge in [-0.05, 0) is 45.2 Å². The number of anilines is 1. The van der Waals surface area contributed by atoms with E-state index in [1.807, 2.05) is 4.90 Å². The summed E-state index contributed by atoms with van der Waals surface area (Å²) in [5, 5.41) is 2.95. The molecule has 0 unspecified atom stereocenters. The van der Waals surface area contributed by atoms with Crippen LogP contribution >= 0.6 is 0 Å². The fourth-order valence-corrected chi connectivity index (χ4v) is 2.91. The van der Waals surface area contributed by atoms with E-state index in [2.05, 4.69) is 19.2 Å². The third-order valence-electron chi connectivity index (χ3n) is 4.08. The lowest BCUT2D eigenvalue weighted by atomic mass is 9.98. The molecular formula is C16H24N2O3. The normalized spacial score (nSPS) is 21.8. The molecule has 1 aliphatic rings. The van der Waals surface area contributed by atoms with E-state index >= 15 is 0 Å². The van der Waals surface area contributed by atoms with Gasteiger partial charge in [0.15, 0.2) is 0 Å². The van der Waals surface area contributed by atoms with Crippen molar-refractivity contribution in [1.29, 1.82) is 0 Å². The molecule has 2 rings (SSSR count). The Bertz CT molecular complexity index is 494. The van der Waals surface area contributed by atoms with E-state index in [1.165, 1.54) is 6.42 Å². The molecule has 0 aromatic heterocycles. The zero-order valence-corrected chi connectivity index (χ0v) is 13.2. The lowest BCUT2D eigenvalue weighted by Crippen LogP contribution is -2.49. The summed E-state index contributed by atoms with van der Waals surface area (Å²) >= 11 is 0. The zero-order chi connectivity index (χ0) is 15.4. The van der Waals surface area contributed by atoms with Crippen molar-refractivity contribution in [2.24, 2.45) is 0 Å². The van der Waals surface area contributed by atoms with Gasteiger partial charge < -0.3 is 19.7 Å². The van der Waals surface area contributed by atoms with Crippen molar-refractivity contribution in [3.05, 3.63) is 18.2 Å². The van der Waals surface area contributed by atoms with Crippen LogP contribution in [-0.4, -0.2) is 37.2 Å². The van der Waals surface area contributed by atoms with Gasteiger partial charge >= 0.3 is 6.03 Å². The number of piperidine rings is 1. The second kappa shape index (κ2) is 6.70. The smallest absolute Gasteiger partial charge is 0.322 e. The molecule has 1 saturated heterocycles. The van der Waals surface area contributed by atoms with Crippen molar-refractivity contribution in [3.8, 4) is 11.5 Å². The van der Waals surface area contributed by atoms with Gasteiger partial charge in [-0.3, -0.25) is 0 Å². The fraction of sp³-hybridized carbons (Fsp3) is 0.562. The van der Waals surface area contributed by atoms with E-state index in [0.29, 0.717) is 17.2 Å². The molecule has 0 saturated carbocycles. The summed E-state index contributed by atoms with van der Waals surface area (Å²) in [7, 11) is 3.19. The summed E-state index contributed by atoms with van der Waals surface area (Å²) in [6.45, 7) is 4.19. The molecule has 1 N–H and O–H groups in total. The average molecular weight is 292 g/mol. The van der Waals surface area contributed by atoms with Crippen LogP contribution in [0, 0.1) is 0 Å². The Balaban J connectivity index is 2.18. The Labute approximate surface area is 126 Å². The number of ether oxygens (including phenoxy) is 2. The van der Waals surface area contributed by atoms with E-state index < -0.39 is 0 Å². The monoisotopic (exact) mass is 292 g/mol. The molecule has 1 aromatic rings. The number of amides is 2. The van der Waals surface area contributed by atoms with Crippen molar-refractivity contribution in [1.82, 2.24) is 4.90 Å². The lowest BCUT2D eigenvalue weighted by molar-refractivity contribution is 0.133. The molecule has 0 aliphatic carbocycles. The number of carbonyl (C=O) groups excluding carboxylic acids is 1. The van der Waals surface area contributed by atoms with Crippen LogP contribution in [0.5, 0.6) is 11.5 Å². The SMILES string of the molecule is COc1ccc(OC)c(NC(=O)N2[C@H](C)CCC[C@@H]2C)c1. The predicted molar refractivity (Wildman–Crippen MR) is 83.2 cm³/mol. The van der Waals surface area contributed by atoms with Crippen LogP contribution in [-0.2, 0) is 0 Å². The molecule has 5 nitrogen and oxygen atoms in total. The second-order valence-electron chi connectivity index (χ2n) is 5.53. The van der Waals surface area contributed by atoms with Gasteiger partial charge in [-0.15, -0.1) is 0 Å². The first-order chi connectivity index (χ1) is 10.1. The van der Waals surface area contributed by atoms with Crippen LogP contribution in [0.4, 0.5) is 10.5 Å². The maximum absolute atomic E-state index is 12.6. The fourth-order valence-electron chi connectivity index (χ4n) is 2.91. The summed E-state index contributed by atoms with van der Waals surface area (Å²) in [4.78, 5) is 14.5. The molecule has 2 amide bonds. The maximum Gasteiger partial charge on any atom is 0.322 e. The average Bonchev–Trinajstić information content (AvgIpc) is 2.47. The standard InChI is InChI=1S/C16H24N2O3/c1-11-6-5-7-12(2)18(11)16(19)17-14-10-13(20-3)8-9-15(14)21-4/h8-12H,5-7H2,1-4H3,(H,17,19)/t11-,12+. The van der Waals surface area contributed by atoms with Crippen LogP contribution in [0.15, 0.2) is 18.2 Å². The molecule has 1 aromatic carbocycles. The minimum Gasteiger partial charge on any atom is -0.497 e. The number of hydrogen-bond donors (Lipinski definition) is 1. The third kappa shape index (κ3) is 3.40. The van der Waals surface area contributed by atoms with Gasteiger partial charge in [0.2, 0.25) is 0 Å². The Hall–Kier alpha value is -1.91. The van der Waals surface area contributed by atoms with Crippen LogP contribution in [0.25, 0.3) is 0 Å². The number of urea groups is 1. The Morgan fingerprint density at radius 3 is 2.43 bits per heavy atom. The highest BCUT2D eigenvalue weighted by Crippen LogP contribution is 2.30. The number of likely N-dealkylation sites (tertiary alicyclic amines) is 1. The van der Waals surface area contributed by atoms with E-state index in [1.54, 1.807) is 32.4 Å². The van der Waals surface area contributed by atoms with E-state index in [-0.39, 0.29) is 18.1 Å². The summed E-state index contributed by atoms with van der Waals surface area (Å²) in [5.74, 6) is 1.31. The van der Waals surface area contributed by atoms with Crippen LogP contribution in [0.1, 0.15) is 33.1 Å². The lowest BCUT2D eigenvalue weighted by Gasteiger charge is -2.39. The topological polar surface area (TPSA) is 50.8 Å². The van der Waals surface area contributed by atoms with Gasteiger partial charge in [-0.25, -0.2) is 4.79 Å². The van der Waals surface area contributed by atoms with Gasteiger partial charge in [-0.1, -0.05) is 0 Å². The van der Waals surface area contributed by atoms with E-state index in [0.717, 1.165) is 12.8 Å². The minimum absolute atomic E-state index is 0.0822. The first-order valence-electron chi connectivity index (χ1n) is 7.38. The minimum atomic E-state index is -0.0822. The molecule has 5 heteroatoms. The van der Waals surface area contributed by atoms with E-state index in [9.17, 15) is 4.79 Å². The molecule has 0 radical (unpaired) electrons. The predicted octanol–water partition coefficient (Wildman–Crippen LogP) is 3.50. The molecule has 2 atom stereocenters. The molecule has 116 valence electrons. The molecule has 1 fully saturated rings. The number of methoxy groups -OCH3 is 2. The molecule has 21 heavy (non-hydrogen) atoms. The van der Waals surface area contributed by atoms with Crippen LogP contribution < -0.4 is 14.8 Å².